The molecule has 0 aliphatic carbocycles. The van der Waals surface area contributed by atoms with Crippen LogP contribution in [0.25, 0.3) is 5.82 Å². The van der Waals surface area contributed by atoms with Crippen LogP contribution in [0, 0.1) is 6.92 Å². The highest BCUT2D eigenvalue weighted by molar-refractivity contribution is 7.93. The van der Waals surface area contributed by atoms with Crippen LogP contribution in [0.4, 0.5) is 13.2 Å². The molecule has 2 atom stereocenters. The van der Waals surface area contributed by atoms with Crippen molar-refractivity contribution in [2.75, 3.05) is 6.26 Å². The molecule has 0 fully saturated rings. The first-order chi connectivity index (χ1) is 18.7. The molecule has 0 saturated heterocycles. The first kappa shape index (κ1) is 28.9. The van der Waals surface area contributed by atoms with E-state index in [4.69, 9.17) is 11.6 Å². The summed E-state index contributed by atoms with van der Waals surface area (Å²) in [7, 11) is -2.97. The summed E-state index contributed by atoms with van der Waals surface area (Å²) in [5.41, 5.74) is -1.23. The number of aromatic nitrogens is 4. The van der Waals surface area contributed by atoms with Gasteiger partial charge in [0, 0.05) is 27.9 Å². The largest absolute Gasteiger partial charge is 0.416 e. The predicted molar refractivity (Wildman–Crippen MR) is 142 cm³/mol. The summed E-state index contributed by atoms with van der Waals surface area (Å²) in [5, 5.41) is 6.64. The number of carbonyl (C=O) groups is 2. The molecule has 208 valence electrons. The third kappa shape index (κ3) is 6.54. The van der Waals surface area contributed by atoms with Crippen molar-refractivity contribution in [1.29, 1.82) is 0 Å². The minimum Gasteiger partial charge on any atom is -0.342 e. The van der Waals surface area contributed by atoms with Crippen molar-refractivity contribution in [2.45, 2.75) is 31.0 Å². The Morgan fingerprint density at radius 1 is 1.07 bits per heavy atom. The third-order valence-corrected chi connectivity index (χ3v) is 7.49. The van der Waals surface area contributed by atoms with Crippen LogP contribution in [0.5, 0.6) is 0 Å². The lowest BCUT2D eigenvalue weighted by Gasteiger charge is -2.15. The normalized spacial score (nSPS) is 13.8. The van der Waals surface area contributed by atoms with Crippen LogP contribution in [0.2, 0.25) is 5.02 Å². The molecule has 0 saturated carbocycles. The van der Waals surface area contributed by atoms with Gasteiger partial charge in [-0.2, -0.15) is 22.2 Å². The Labute approximate surface area is 232 Å². The van der Waals surface area contributed by atoms with Gasteiger partial charge in [-0.25, -0.2) is 14.2 Å². The van der Waals surface area contributed by atoms with E-state index in [1.807, 2.05) is 0 Å². The Balaban J connectivity index is 1.56. The molecule has 4 aromatic rings. The average Bonchev–Trinajstić information content (AvgIpc) is 3.30. The van der Waals surface area contributed by atoms with Gasteiger partial charge < -0.3 is 5.32 Å². The number of rotatable bonds is 6. The van der Waals surface area contributed by atoms with Gasteiger partial charge in [0.05, 0.1) is 26.9 Å². The lowest BCUT2D eigenvalue weighted by Crippen LogP contribution is -2.29. The summed E-state index contributed by atoms with van der Waals surface area (Å²) in [6.45, 7) is 3.19. The minimum absolute atomic E-state index is 0.0930. The summed E-state index contributed by atoms with van der Waals surface area (Å²) >= 11 is 5.80. The minimum atomic E-state index is -4.68. The summed E-state index contributed by atoms with van der Waals surface area (Å²) in [6, 6.07) is 13.1. The van der Waals surface area contributed by atoms with Gasteiger partial charge in [0.15, 0.2) is 11.6 Å². The first-order valence-corrected chi connectivity index (χ1v) is 13.9. The van der Waals surface area contributed by atoms with Crippen molar-refractivity contribution in [3.05, 3.63) is 100 Å². The third-order valence-electron chi connectivity index (χ3n) is 5.61. The molecular formula is C26H22ClF3N6O3S. The zero-order valence-electron chi connectivity index (χ0n) is 21.3. The van der Waals surface area contributed by atoms with Crippen molar-refractivity contribution >= 4 is 33.1 Å². The van der Waals surface area contributed by atoms with Crippen LogP contribution in [0.3, 0.4) is 0 Å². The number of halogens is 4. The number of amides is 2. The van der Waals surface area contributed by atoms with E-state index in [1.54, 1.807) is 44.2 Å². The van der Waals surface area contributed by atoms with E-state index in [-0.39, 0.29) is 27.8 Å². The summed E-state index contributed by atoms with van der Waals surface area (Å²) in [5.74, 6) is -0.698. The molecule has 2 heterocycles. The molecule has 2 aromatic heterocycles. The maximum atomic E-state index is 13.2. The molecule has 0 spiro atoms. The van der Waals surface area contributed by atoms with Crippen molar-refractivity contribution in [3.63, 3.8) is 0 Å². The lowest BCUT2D eigenvalue weighted by atomic mass is 10.1. The van der Waals surface area contributed by atoms with Crippen LogP contribution in [-0.4, -0.2) is 42.0 Å². The average molecular weight is 591 g/mol. The molecule has 2 amide bonds. The van der Waals surface area contributed by atoms with Crippen LogP contribution in [0.15, 0.2) is 76.1 Å². The van der Waals surface area contributed by atoms with Crippen molar-refractivity contribution in [3.8, 4) is 5.82 Å². The second-order valence-electron chi connectivity index (χ2n) is 8.77. The van der Waals surface area contributed by atoms with E-state index in [2.05, 4.69) is 24.7 Å². The summed E-state index contributed by atoms with van der Waals surface area (Å²) in [6.07, 6.45) is -2.06. The van der Waals surface area contributed by atoms with Gasteiger partial charge in [-0.1, -0.05) is 29.8 Å². The second-order valence-corrected chi connectivity index (χ2v) is 11.5. The molecule has 2 unspecified atom stereocenters. The fourth-order valence-electron chi connectivity index (χ4n) is 3.68. The smallest absolute Gasteiger partial charge is 0.342 e. The zero-order valence-corrected chi connectivity index (χ0v) is 22.9. The number of hydrogen-bond acceptors (Lipinski definition) is 6. The Bertz CT molecular complexity index is 1700. The number of nitrogens with one attached hydrogen (secondary N) is 1. The van der Waals surface area contributed by atoms with E-state index in [9.17, 15) is 27.0 Å². The molecule has 4 rings (SSSR count). The van der Waals surface area contributed by atoms with E-state index < -0.39 is 39.3 Å². The number of aryl methyl sites for hydroxylation is 1. The summed E-state index contributed by atoms with van der Waals surface area (Å²) < 4.78 is 57.6. The molecule has 0 aliphatic rings. The van der Waals surface area contributed by atoms with Gasteiger partial charge in [0.2, 0.25) is 0 Å². The Morgan fingerprint density at radius 3 is 2.40 bits per heavy atom. The highest BCUT2D eigenvalue weighted by Crippen LogP contribution is 2.32. The lowest BCUT2D eigenvalue weighted by molar-refractivity contribution is -0.137. The van der Waals surface area contributed by atoms with E-state index >= 15 is 0 Å². The van der Waals surface area contributed by atoms with E-state index in [0.717, 1.165) is 12.1 Å². The molecule has 1 N–H and O–H groups in total. The fourth-order valence-corrected chi connectivity index (χ4v) is 5.11. The Morgan fingerprint density at radius 2 is 1.77 bits per heavy atom. The van der Waals surface area contributed by atoms with Gasteiger partial charge in [-0.3, -0.25) is 9.59 Å². The number of carbonyl (C=O) groups excluding carboxylic acids is 2. The molecule has 9 nitrogen and oxygen atoms in total. The highest BCUT2D eigenvalue weighted by atomic mass is 35.5. The van der Waals surface area contributed by atoms with E-state index in [0.29, 0.717) is 16.8 Å². The second kappa shape index (κ2) is 11.2. The van der Waals surface area contributed by atoms with Gasteiger partial charge in [-0.05, 0) is 56.3 Å². The van der Waals surface area contributed by atoms with Crippen LogP contribution >= 0.6 is 11.6 Å². The highest BCUT2D eigenvalue weighted by Gasteiger charge is 2.32. The van der Waals surface area contributed by atoms with Crippen molar-refractivity contribution < 1.29 is 27.0 Å². The van der Waals surface area contributed by atoms with Crippen molar-refractivity contribution in [1.82, 2.24) is 25.1 Å². The molecule has 0 radical (unpaired) electrons. The number of nitrogens with zero attached hydrogens (tertiary/aromatic N) is 5. The van der Waals surface area contributed by atoms with Gasteiger partial charge >= 0.3 is 6.18 Å². The fraction of sp³-hybridized carbons (Fsp3) is 0.192. The Kier molecular flexibility index (Phi) is 8.08. The molecular weight excluding hydrogens is 569 g/mol. The number of alkyl halides is 3. The SMILES string of the molecule is Cc1nc(C(C)NC(=O)c2cc(Cl)cc(C(F)(F)F)c2)n(-c2ccc(C(=O)N=S(C)(=O)c3ccccc3)cn2)n1. The standard InChI is InChI=1S/C26H22ClF3N6O3S/c1-15(32-24(37)18-11-19(26(28,29)30)13-20(27)12-18)23-33-16(2)34-36(23)22-10-9-17(14-31-22)25(38)35-40(3,39)21-7-5-4-6-8-21/h4-15H,1-3H3,(H,32,37). The Hall–Kier alpha value is -4.10. The molecule has 40 heavy (non-hydrogen) atoms. The van der Waals surface area contributed by atoms with Gasteiger partial charge in [0.25, 0.3) is 11.8 Å². The maximum absolute atomic E-state index is 13.2. The predicted octanol–water partition coefficient (Wildman–Crippen LogP) is 5.43. The maximum Gasteiger partial charge on any atom is 0.416 e. The number of hydrogen-bond donors (Lipinski definition) is 1. The molecule has 0 bridgehead atoms. The quantitative estimate of drug-likeness (QED) is 0.320. The van der Waals surface area contributed by atoms with Gasteiger partial charge in [0.1, 0.15) is 5.82 Å². The number of pyridine rings is 1. The number of benzene rings is 2. The topological polar surface area (TPSA) is 119 Å². The summed E-state index contributed by atoms with van der Waals surface area (Å²) in [4.78, 5) is 34.4. The van der Waals surface area contributed by atoms with E-state index in [1.165, 1.54) is 29.3 Å². The molecule has 0 aliphatic heterocycles. The van der Waals surface area contributed by atoms with Crippen LogP contribution in [0.1, 0.15) is 50.9 Å². The van der Waals surface area contributed by atoms with Crippen LogP contribution in [-0.2, 0) is 15.9 Å². The zero-order chi connectivity index (χ0) is 29.2. The first-order valence-electron chi connectivity index (χ1n) is 11.6. The van der Waals surface area contributed by atoms with Crippen LogP contribution < -0.4 is 5.32 Å². The molecule has 2 aromatic carbocycles. The monoisotopic (exact) mass is 590 g/mol. The van der Waals surface area contributed by atoms with Crippen molar-refractivity contribution in [2.24, 2.45) is 4.36 Å². The molecule has 14 heteroatoms. The van der Waals surface area contributed by atoms with Gasteiger partial charge in [-0.15, -0.1) is 5.10 Å².